The van der Waals surface area contributed by atoms with Gasteiger partial charge in [0.15, 0.2) is 0 Å². The maximum Gasteiger partial charge on any atom is 0.0777 e. The quantitative estimate of drug-likeness (QED) is 0.730. The van der Waals surface area contributed by atoms with Gasteiger partial charge in [-0.25, -0.2) is 0 Å². The van der Waals surface area contributed by atoms with Crippen molar-refractivity contribution in [3.05, 3.63) is 34.9 Å². The standard InChI is InChI=1S/C11H14ClNS/c1-13(2)11(14)7-6-9-4-3-5-10(12)8-9/h3-5,8H,6-7H2,1-2H3. The fourth-order valence-corrected chi connectivity index (χ4v) is 1.48. The van der Waals surface area contributed by atoms with Crippen molar-refractivity contribution in [2.75, 3.05) is 14.1 Å². The van der Waals surface area contributed by atoms with Gasteiger partial charge < -0.3 is 4.90 Å². The number of aryl methyl sites for hydroxylation is 1. The number of rotatable bonds is 3. The Kier molecular flexibility index (Phi) is 4.36. The minimum absolute atomic E-state index is 0.790. The van der Waals surface area contributed by atoms with E-state index in [1.165, 1.54) is 5.56 Å². The largest absolute Gasteiger partial charge is 0.372 e. The summed E-state index contributed by atoms with van der Waals surface area (Å²) in [5.74, 6) is 0. The van der Waals surface area contributed by atoms with Gasteiger partial charge >= 0.3 is 0 Å². The molecule has 14 heavy (non-hydrogen) atoms. The fraction of sp³-hybridized carbons (Fsp3) is 0.364. The van der Waals surface area contributed by atoms with Gasteiger partial charge in [0.05, 0.1) is 4.99 Å². The molecule has 76 valence electrons. The van der Waals surface area contributed by atoms with Crippen molar-refractivity contribution >= 4 is 28.8 Å². The summed E-state index contributed by atoms with van der Waals surface area (Å²) in [5, 5.41) is 0.790. The molecule has 0 saturated carbocycles. The first kappa shape index (κ1) is 11.5. The first-order valence-electron chi connectivity index (χ1n) is 4.54. The van der Waals surface area contributed by atoms with Gasteiger partial charge in [0.1, 0.15) is 0 Å². The highest BCUT2D eigenvalue weighted by Gasteiger charge is 2.00. The van der Waals surface area contributed by atoms with Crippen LogP contribution in [0.25, 0.3) is 0 Å². The predicted octanol–water partition coefficient (Wildman–Crippen LogP) is 3.16. The van der Waals surface area contributed by atoms with Crippen LogP contribution in [0.4, 0.5) is 0 Å². The molecular weight excluding hydrogens is 214 g/mol. The Hall–Kier alpha value is -0.600. The smallest absolute Gasteiger partial charge is 0.0777 e. The summed E-state index contributed by atoms with van der Waals surface area (Å²) in [6.45, 7) is 0. The van der Waals surface area contributed by atoms with E-state index in [0.29, 0.717) is 0 Å². The van der Waals surface area contributed by atoms with Crippen LogP contribution in [0.5, 0.6) is 0 Å². The third kappa shape index (κ3) is 3.64. The minimum Gasteiger partial charge on any atom is -0.372 e. The van der Waals surface area contributed by atoms with Crippen molar-refractivity contribution in [2.24, 2.45) is 0 Å². The summed E-state index contributed by atoms with van der Waals surface area (Å²) in [7, 11) is 3.95. The molecule has 1 aromatic rings. The normalized spacial score (nSPS) is 9.93. The second-order valence-corrected chi connectivity index (χ2v) is 4.33. The lowest BCUT2D eigenvalue weighted by atomic mass is 10.1. The van der Waals surface area contributed by atoms with E-state index in [4.69, 9.17) is 23.8 Å². The Balaban J connectivity index is 2.50. The first-order valence-corrected chi connectivity index (χ1v) is 5.33. The maximum absolute atomic E-state index is 5.88. The lowest BCUT2D eigenvalue weighted by Gasteiger charge is -2.13. The second-order valence-electron chi connectivity index (χ2n) is 3.42. The number of nitrogens with zero attached hydrogens (tertiary/aromatic N) is 1. The van der Waals surface area contributed by atoms with Crippen molar-refractivity contribution in [3.8, 4) is 0 Å². The van der Waals surface area contributed by atoms with Crippen LogP contribution in [0.1, 0.15) is 12.0 Å². The molecule has 0 heterocycles. The molecule has 0 saturated heterocycles. The molecule has 0 N–H and O–H groups in total. The second kappa shape index (κ2) is 5.32. The third-order valence-corrected chi connectivity index (χ3v) is 2.82. The van der Waals surface area contributed by atoms with E-state index in [2.05, 4.69) is 6.07 Å². The molecule has 0 fully saturated rings. The molecule has 0 radical (unpaired) electrons. The molecule has 0 atom stereocenters. The average molecular weight is 228 g/mol. The molecule has 0 spiro atoms. The first-order chi connectivity index (χ1) is 6.59. The van der Waals surface area contributed by atoms with E-state index in [1.807, 2.05) is 37.2 Å². The summed E-state index contributed by atoms with van der Waals surface area (Å²) in [6.07, 6.45) is 1.86. The van der Waals surface area contributed by atoms with Crippen LogP contribution in [0.15, 0.2) is 24.3 Å². The lowest BCUT2D eigenvalue weighted by Crippen LogP contribution is -2.19. The van der Waals surface area contributed by atoms with Crippen molar-refractivity contribution in [3.63, 3.8) is 0 Å². The van der Waals surface area contributed by atoms with E-state index in [1.54, 1.807) is 0 Å². The topological polar surface area (TPSA) is 3.24 Å². The molecule has 0 aromatic heterocycles. The number of benzene rings is 1. The molecule has 1 nitrogen and oxygen atoms in total. The van der Waals surface area contributed by atoms with Crippen LogP contribution in [0.2, 0.25) is 5.02 Å². The Morgan fingerprint density at radius 2 is 2.14 bits per heavy atom. The van der Waals surface area contributed by atoms with Crippen LogP contribution >= 0.6 is 23.8 Å². The zero-order chi connectivity index (χ0) is 10.6. The van der Waals surface area contributed by atoms with Crippen LogP contribution < -0.4 is 0 Å². The fourth-order valence-electron chi connectivity index (χ4n) is 1.17. The average Bonchev–Trinajstić information content (AvgIpc) is 2.14. The zero-order valence-electron chi connectivity index (χ0n) is 8.46. The number of hydrogen-bond acceptors (Lipinski definition) is 1. The molecule has 1 aromatic carbocycles. The predicted molar refractivity (Wildman–Crippen MR) is 66.1 cm³/mol. The van der Waals surface area contributed by atoms with E-state index >= 15 is 0 Å². The van der Waals surface area contributed by atoms with Crippen molar-refractivity contribution in [1.82, 2.24) is 4.90 Å². The van der Waals surface area contributed by atoms with Crippen molar-refractivity contribution in [1.29, 1.82) is 0 Å². The monoisotopic (exact) mass is 227 g/mol. The molecule has 0 aliphatic heterocycles. The van der Waals surface area contributed by atoms with Gasteiger partial charge in [0.2, 0.25) is 0 Å². The number of halogens is 1. The summed E-state index contributed by atoms with van der Waals surface area (Å²) in [6, 6.07) is 7.91. The van der Waals surface area contributed by atoms with Crippen molar-refractivity contribution < 1.29 is 0 Å². The highest BCUT2D eigenvalue weighted by atomic mass is 35.5. The zero-order valence-corrected chi connectivity index (χ0v) is 10.0. The molecule has 0 aliphatic rings. The van der Waals surface area contributed by atoms with Crippen molar-refractivity contribution in [2.45, 2.75) is 12.8 Å². The Bertz CT molecular complexity index is 323. The Morgan fingerprint density at radius 3 is 2.71 bits per heavy atom. The van der Waals surface area contributed by atoms with Crippen LogP contribution in [0.3, 0.4) is 0 Å². The van der Waals surface area contributed by atoms with Crippen LogP contribution in [-0.4, -0.2) is 24.0 Å². The summed E-state index contributed by atoms with van der Waals surface area (Å²) >= 11 is 11.1. The molecule has 0 aliphatic carbocycles. The van der Waals surface area contributed by atoms with Gasteiger partial charge in [-0.2, -0.15) is 0 Å². The maximum atomic E-state index is 5.88. The molecule has 0 bridgehead atoms. The van der Waals surface area contributed by atoms with Gasteiger partial charge in [-0.05, 0) is 24.1 Å². The lowest BCUT2D eigenvalue weighted by molar-refractivity contribution is 0.617. The van der Waals surface area contributed by atoms with Gasteiger partial charge in [-0.1, -0.05) is 36.0 Å². The van der Waals surface area contributed by atoms with Gasteiger partial charge in [-0.15, -0.1) is 0 Å². The number of hydrogen-bond donors (Lipinski definition) is 0. The highest BCUT2D eigenvalue weighted by molar-refractivity contribution is 7.80. The molecule has 0 amide bonds. The summed E-state index contributed by atoms with van der Waals surface area (Å²) < 4.78 is 0. The highest BCUT2D eigenvalue weighted by Crippen LogP contribution is 2.12. The molecule has 3 heteroatoms. The Labute approximate surface area is 95.7 Å². The molecule has 1 rings (SSSR count). The van der Waals surface area contributed by atoms with E-state index < -0.39 is 0 Å². The van der Waals surface area contributed by atoms with Gasteiger partial charge in [0.25, 0.3) is 0 Å². The van der Waals surface area contributed by atoms with Crippen LogP contribution in [-0.2, 0) is 6.42 Å². The summed E-state index contributed by atoms with van der Waals surface area (Å²) in [5.41, 5.74) is 1.24. The minimum atomic E-state index is 0.790. The molecular formula is C11H14ClNS. The SMILES string of the molecule is CN(C)C(=S)CCc1cccc(Cl)c1. The molecule has 0 unspecified atom stereocenters. The van der Waals surface area contributed by atoms with E-state index in [9.17, 15) is 0 Å². The van der Waals surface area contributed by atoms with Gasteiger partial charge in [-0.3, -0.25) is 0 Å². The van der Waals surface area contributed by atoms with Crippen LogP contribution in [0, 0.1) is 0 Å². The van der Waals surface area contributed by atoms with Gasteiger partial charge in [0, 0.05) is 25.5 Å². The van der Waals surface area contributed by atoms with E-state index in [-0.39, 0.29) is 0 Å². The third-order valence-electron chi connectivity index (χ3n) is 2.02. The number of thiocarbonyl (C=S) groups is 1. The summed E-state index contributed by atoms with van der Waals surface area (Å²) in [4.78, 5) is 2.95. The van der Waals surface area contributed by atoms with E-state index in [0.717, 1.165) is 22.9 Å². The Morgan fingerprint density at radius 1 is 1.43 bits per heavy atom.